The molecule has 1 atom stereocenters. The minimum atomic E-state index is -0.180. The van der Waals surface area contributed by atoms with E-state index in [9.17, 15) is 5.11 Å². The summed E-state index contributed by atoms with van der Waals surface area (Å²) in [5.74, 6) is 10.8. The molecule has 0 aromatic carbocycles. The Bertz CT molecular complexity index is 408. The molecule has 0 aromatic rings. The standard InChI is InChI=1S/C17H22O2/c1-2-14-17(19)15-12-10-8-6-4-3-5-7-9-11-13-16-18/h4,6,8,10-11,13,17-19H,2,12,14-16H2,1H3/t17-/m1/s1. The highest BCUT2D eigenvalue weighted by atomic mass is 16.3. The molecule has 0 unspecified atom stereocenters. The monoisotopic (exact) mass is 258 g/mol. The van der Waals surface area contributed by atoms with Gasteiger partial charge < -0.3 is 10.2 Å². The molecule has 0 aromatic heterocycles. The summed E-state index contributed by atoms with van der Waals surface area (Å²) in [7, 11) is 0. The summed E-state index contributed by atoms with van der Waals surface area (Å²) in [6.45, 7) is 2.07. The Kier molecular flexibility index (Phi) is 13.0. The van der Waals surface area contributed by atoms with Crippen LogP contribution in [0.5, 0.6) is 0 Å². The van der Waals surface area contributed by atoms with Crippen molar-refractivity contribution < 1.29 is 10.2 Å². The molecule has 0 radical (unpaired) electrons. The van der Waals surface area contributed by atoms with Crippen LogP contribution in [0.3, 0.4) is 0 Å². The maximum Gasteiger partial charge on any atom is 0.0621 e. The second-order valence-electron chi connectivity index (χ2n) is 3.93. The predicted molar refractivity (Wildman–Crippen MR) is 80.2 cm³/mol. The van der Waals surface area contributed by atoms with Gasteiger partial charge in [-0.1, -0.05) is 49.5 Å². The molecule has 19 heavy (non-hydrogen) atoms. The van der Waals surface area contributed by atoms with E-state index in [-0.39, 0.29) is 12.7 Å². The van der Waals surface area contributed by atoms with E-state index < -0.39 is 0 Å². The first-order chi connectivity index (χ1) is 9.31. The van der Waals surface area contributed by atoms with Gasteiger partial charge in [-0.25, -0.2) is 0 Å². The molecule has 2 heteroatoms. The summed E-state index contributed by atoms with van der Waals surface area (Å²) >= 11 is 0. The molecule has 0 saturated carbocycles. The third kappa shape index (κ3) is 14.2. The van der Waals surface area contributed by atoms with Crippen molar-refractivity contribution in [1.29, 1.82) is 0 Å². The fraction of sp³-hybridized carbons (Fsp3) is 0.412. The molecule has 0 aliphatic rings. The highest BCUT2D eigenvalue weighted by Crippen LogP contribution is 2.04. The van der Waals surface area contributed by atoms with Gasteiger partial charge in [0.25, 0.3) is 0 Å². The van der Waals surface area contributed by atoms with Gasteiger partial charge in [-0.2, -0.15) is 0 Å². The molecule has 2 nitrogen and oxygen atoms in total. The van der Waals surface area contributed by atoms with Crippen LogP contribution >= 0.6 is 0 Å². The number of rotatable bonds is 7. The smallest absolute Gasteiger partial charge is 0.0621 e. The van der Waals surface area contributed by atoms with Crippen molar-refractivity contribution in [3.05, 3.63) is 36.5 Å². The molecular weight excluding hydrogens is 236 g/mol. The molecular formula is C17H22O2. The zero-order valence-electron chi connectivity index (χ0n) is 11.5. The van der Waals surface area contributed by atoms with Crippen LogP contribution in [-0.4, -0.2) is 22.9 Å². The maximum absolute atomic E-state index is 9.50. The molecule has 0 aliphatic carbocycles. The van der Waals surface area contributed by atoms with Crippen molar-refractivity contribution in [3.63, 3.8) is 0 Å². The van der Waals surface area contributed by atoms with Crippen molar-refractivity contribution in [2.24, 2.45) is 0 Å². The van der Waals surface area contributed by atoms with E-state index in [1.165, 1.54) is 0 Å². The van der Waals surface area contributed by atoms with Gasteiger partial charge in [0, 0.05) is 0 Å². The van der Waals surface area contributed by atoms with Crippen LogP contribution in [0.25, 0.3) is 0 Å². The van der Waals surface area contributed by atoms with E-state index in [0.717, 1.165) is 25.7 Å². The van der Waals surface area contributed by atoms with Gasteiger partial charge in [0.2, 0.25) is 0 Å². The lowest BCUT2D eigenvalue weighted by Gasteiger charge is -2.05. The lowest BCUT2D eigenvalue weighted by atomic mass is 10.1. The van der Waals surface area contributed by atoms with Crippen molar-refractivity contribution in [1.82, 2.24) is 0 Å². The summed E-state index contributed by atoms with van der Waals surface area (Å²) in [4.78, 5) is 0. The lowest BCUT2D eigenvalue weighted by molar-refractivity contribution is 0.155. The van der Waals surface area contributed by atoms with E-state index in [0.29, 0.717) is 0 Å². The zero-order valence-corrected chi connectivity index (χ0v) is 11.5. The molecule has 2 N–H and O–H groups in total. The number of aliphatic hydroxyl groups is 2. The molecule has 0 spiro atoms. The summed E-state index contributed by atoms with van der Waals surface area (Å²) in [5, 5.41) is 17.9. The van der Waals surface area contributed by atoms with Crippen molar-refractivity contribution in [2.45, 2.75) is 38.7 Å². The first kappa shape index (κ1) is 17.3. The average Bonchev–Trinajstić information content (AvgIpc) is 2.40. The highest BCUT2D eigenvalue weighted by Gasteiger charge is 1.98. The number of hydrogen-bond donors (Lipinski definition) is 2. The summed E-state index contributed by atoms with van der Waals surface area (Å²) in [5.41, 5.74) is 0. The van der Waals surface area contributed by atoms with E-state index >= 15 is 0 Å². The van der Waals surface area contributed by atoms with Gasteiger partial charge in [-0.15, -0.1) is 0 Å². The third-order valence-electron chi connectivity index (χ3n) is 2.23. The van der Waals surface area contributed by atoms with E-state index in [1.807, 2.05) is 18.2 Å². The first-order valence-corrected chi connectivity index (χ1v) is 6.58. The summed E-state index contributed by atoms with van der Waals surface area (Å²) in [6, 6.07) is 0. The molecule has 0 heterocycles. The molecule has 102 valence electrons. The third-order valence-corrected chi connectivity index (χ3v) is 2.23. The molecule has 0 aliphatic heterocycles. The van der Waals surface area contributed by atoms with Crippen LogP contribution in [0.15, 0.2) is 36.5 Å². The fourth-order valence-electron chi connectivity index (χ4n) is 1.31. The number of allylic oxidation sites excluding steroid dienone is 5. The Morgan fingerprint density at radius 3 is 2.42 bits per heavy atom. The normalized spacial score (nSPS) is 12.4. The predicted octanol–water partition coefficient (Wildman–Crippen LogP) is 2.60. The molecule has 0 fully saturated rings. The average molecular weight is 258 g/mol. The Balaban J connectivity index is 3.75. The summed E-state index contributed by atoms with van der Waals surface area (Å²) in [6.07, 6.45) is 14.1. The lowest BCUT2D eigenvalue weighted by Crippen LogP contribution is -2.04. The Labute approximate surface area is 116 Å². The zero-order chi connectivity index (χ0) is 14.2. The molecule has 0 rings (SSSR count). The largest absolute Gasteiger partial charge is 0.393 e. The van der Waals surface area contributed by atoms with Crippen LogP contribution in [0.2, 0.25) is 0 Å². The van der Waals surface area contributed by atoms with Gasteiger partial charge in [-0.3, -0.25) is 0 Å². The van der Waals surface area contributed by atoms with Gasteiger partial charge in [0.15, 0.2) is 0 Å². The molecule has 0 amide bonds. The minimum absolute atomic E-state index is 0.000239. The number of hydrogen-bond acceptors (Lipinski definition) is 2. The van der Waals surface area contributed by atoms with Crippen molar-refractivity contribution >= 4 is 0 Å². The maximum atomic E-state index is 9.50. The quantitative estimate of drug-likeness (QED) is 0.544. The van der Waals surface area contributed by atoms with E-state index in [1.54, 1.807) is 18.2 Å². The second-order valence-corrected chi connectivity index (χ2v) is 3.93. The summed E-state index contributed by atoms with van der Waals surface area (Å²) < 4.78 is 0. The van der Waals surface area contributed by atoms with E-state index in [2.05, 4.69) is 30.6 Å². The Morgan fingerprint density at radius 2 is 1.74 bits per heavy atom. The second kappa shape index (κ2) is 14.3. The van der Waals surface area contributed by atoms with Gasteiger partial charge in [-0.05, 0) is 43.3 Å². The van der Waals surface area contributed by atoms with Crippen LogP contribution in [0.1, 0.15) is 32.6 Å². The van der Waals surface area contributed by atoms with Gasteiger partial charge in [0.1, 0.15) is 0 Å². The molecule has 0 bridgehead atoms. The van der Waals surface area contributed by atoms with Crippen LogP contribution in [0.4, 0.5) is 0 Å². The van der Waals surface area contributed by atoms with Gasteiger partial charge in [0.05, 0.1) is 12.7 Å². The first-order valence-electron chi connectivity index (χ1n) is 6.58. The fourth-order valence-corrected chi connectivity index (χ4v) is 1.31. The van der Waals surface area contributed by atoms with Crippen LogP contribution in [0, 0.1) is 23.7 Å². The Morgan fingerprint density at radius 1 is 1.00 bits per heavy atom. The number of aliphatic hydroxyl groups excluding tert-OH is 2. The van der Waals surface area contributed by atoms with Crippen molar-refractivity contribution in [2.75, 3.05) is 6.61 Å². The van der Waals surface area contributed by atoms with Gasteiger partial charge >= 0.3 is 0 Å². The Hall–Kier alpha value is -1.74. The van der Waals surface area contributed by atoms with Crippen LogP contribution < -0.4 is 0 Å². The highest BCUT2D eigenvalue weighted by molar-refractivity contribution is 5.34. The molecule has 0 saturated heterocycles. The van der Waals surface area contributed by atoms with E-state index in [4.69, 9.17) is 5.11 Å². The van der Waals surface area contributed by atoms with Crippen LogP contribution in [-0.2, 0) is 0 Å². The SMILES string of the molecule is CCC[C@@H](O)CCC=CC=CC#CC#CC=CCO. The van der Waals surface area contributed by atoms with Crippen molar-refractivity contribution in [3.8, 4) is 23.7 Å². The topological polar surface area (TPSA) is 40.5 Å². The minimum Gasteiger partial charge on any atom is -0.393 e.